The summed E-state index contributed by atoms with van der Waals surface area (Å²) < 4.78 is 66.6. The maximum Gasteiger partial charge on any atom is 0.408 e. The van der Waals surface area contributed by atoms with Crippen LogP contribution in [0.3, 0.4) is 0 Å². The predicted octanol–water partition coefficient (Wildman–Crippen LogP) is 3.71. The van der Waals surface area contributed by atoms with E-state index in [2.05, 4.69) is 0 Å². The number of nitrogens with zero attached hydrogens (tertiary/aromatic N) is 1. The van der Waals surface area contributed by atoms with Gasteiger partial charge in [0.15, 0.2) is 0 Å². The SMILES string of the molecule is Cc1ccc(S(=O)(=O)N2CCCCC2(CCl)C(F)(F)F)cc1. The van der Waals surface area contributed by atoms with E-state index in [4.69, 9.17) is 11.6 Å². The van der Waals surface area contributed by atoms with E-state index in [1.54, 1.807) is 19.1 Å². The number of benzene rings is 1. The van der Waals surface area contributed by atoms with Gasteiger partial charge in [-0.25, -0.2) is 8.42 Å². The lowest BCUT2D eigenvalue weighted by atomic mass is 9.90. The van der Waals surface area contributed by atoms with Gasteiger partial charge in [-0.1, -0.05) is 17.7 Å². The number of aryl methyl sites for hydroxylation is 1. The Balaban J connectivity index is 2.53. The summed E-state index contributed by atoms with van der Waals surface area (Å²) in [4.78, 5) is -0.140. The second-order valence-corrected chi connectivity index (χ2v) is 7.64. The summed E-state index contributed by atoms with van der Waals surface area (Å²) in [6.45, 7) is 1.60. The Morgan fingerprint density at radius 3 is 2.32 bits per heavy atom. The zero-order valence-electron chi connectivity index (χ0n) is 12.0. The van der Waals surface area contributed by atoms with Crippen molar-refractivity contribution in [2.24, 2.45) is 0 Å². The third-order valence-electron chi connectivity index (χ3n) is 4.04. The Kier molecular flexibility index (Phi) is 4.80. The Labute approximate surface area is 133 Å². The summed E-state index contributed by atoms with van der Waals surface area (Å²) in [6, 6.07) is 5.78. The zero-order valence-corrected chi connectivity index (χ0v) is 13.6. The molecule has 1 aliphatic rings. The van der Waals surface area contributed by atoms with Crippen molar-refractivity contribution < 1.29 is 21.6 Å². The molecule has 1 aromatic carbocycles. The molecule has 1 fully saturated rings. The third kappa shape index (κ3) is 2.86. The molecule has 0 radical (unpaired) electrons. The van der Waals surface area contributed by atoms with Crippen molar-refractivity contribution in [1.82, 2.24) is 4.31 Å². The van der Waals surface area contributed by atoms with Crippen LogP contribution in [-0.2, 0) is 10.0 Å². The quantitative estimate of drug-likeness (QED) is 0.775. The highest BCUT2D eigenvalue weighted by molar-refractivity contribution is 7.89. The molecule has 0 amide bonds. The fourth-order valence-electron chi connectivity index (χ4n) is 2.69. The summed E-state index contributed by atoms with van der Waals surface area (Å²) >= 11 is 5.61. The molecule has 0 N–H and O–H groups in total. The number of sulfonamides is 1. The number of rotatable bonds is 3. The summed E-state index contributed by atoms with van der Waals surface area (Å²) in [5, 5.41) is 0. The highest BCUT2D eigenvalue weighted by Gasteiger charge is 2.61. The molecular formula is C14H17ClF3NO2S. The number of halogens is 4. The minimum atomic E-state index is -4.72. The van der Waals surface area contributed by atoms with Gasteiger partial charge < -0.3 is 0 Å². The van der Waals surface area contributed by atoms with Crippen LogP contribution in [0.2, 0.25) is 0 Å². The van der Waals surface area contributed by atoms with Crippen molar-refractivity contribution >= 4 is 21.6 Å². The van der Waals surface area contributed by atoms with Crippen LogP contribution in [-0.4, -0.2) is 36.9 Å². The molecule has 0 spiro atoms. The lowest BCUT2D eigenvalue weighted by Crippen LogP contribution is -2.63. The van der Waals surface area contributed by atoms with Gasteiger partial charge in [0.25, 0.3) is 0 Å². The van der Waals surface area contributed by atoms with E-state index >= 15 is 0 Å². The molecule has 1 aliphatic heterocycles. The molecular weight excluding hydrogens is 339 g/mol. The molecule has 8 heteroatoms. The van der Waals surface area contributed by atoms with Gasteiger partial charge in [-0.15, -0.1) is 11.6 Å². The average molecular weight is 356 g/mol. The first-order valence-electron chi connectivity index (χ1n) is 6.87. The van der Waals surface area contributed by atoms with Crippen molar-refractivity contribution in [2.75, 3.05) is 12.4 Å². The molecule has 1 unspecified atom stereocenters. The average Bonchev–Trinajstić information content (AvgIpc) is 2.46. The van der Waals surface area contributed by atoms with Gasteiger partial charge in [-0.2, -0.15) is 17.5 Å². The first-order valence-corrected chi connectivity index (χ1v) is 8.85. The van der Waals surface area contributed by atoms with Gasteiger partial charge in [0.1, 0.15) is 5.54 Å². The molecule has 1 heterocycles. The largest absolute Gasteiger partial charge is 0.408 e. The summed E-state index contributed by atoms with van der Waals surface area (Å²) in [5.41, 5.74) is -1.70. The molecule has 124 valence electrons. The number of hydrogen-bond acceptors (Lipinski definition) is 2. The van der Waals surface area contributed by atoms with Gasteiger partial charge >= 0.3 is 6.18 Å². The van der Waals surface area contributed by atoms with Gasteiger partial charge in [-0.3, -0.25) is 0 Å². The first-order chi connectivity index (χ1) is 10.1. The predicted molar refractivity (Wildman–Crippen MR) is 78.4 cm³/mol. The number of hydrogen-bond donors (Lipinski definition) is 0. The van der Waals surface area contributed by atoms with Crippen LogP contribution >= 0.6 is 11.6 Å². The van der Waals surface area contributed by atoms with Crippen molar-refractivity contribution in [1.29, 1.82) is 0 Å². The van der Waals surface area contributed by atoms with E-state index < -0.39 is 27.6 Å². The minimum Gasteiger partial charge on any atom is -0.207 e. The van der Waals surface area contributed by atoms with Crippen molar-refractivity contribution in [3.63, 3.8) is 0 Å². The molecule has 1 saturated heterocycles. The van der Waals surface area contributed by atoms with Gasteiger partial charge in [0.05, 0.1) is 10.8 Å². The molecule has 1 atom stereocenters. The smallest absolute Gasteiger partial charge is 0.207 e. The van der Waals surface area contributed by atoms with E-state index in [1.807, 2.05) is 0 Å². The molecule has 0 aromatic heterocycles. The zero-order chi connectivity index (χ0) is 16.6. The third-order valence-corrected chi connectivity index (χ3v) is 6.46. The number of piperidine rings is 1. The Morgan fingerprint density at radius 2 is 1.82 bits per heavy atom. The molecule has 0 bridgehead atoms. The molecule has 0 saturated carbocycles. The standard InChI is InChI=1S/C14H17ClF3NO2S/c1-11-4-6-12(7-5-11)22(20,21)19-9-3-2-8-13(19,10-15)14(16,17)18/h4-7H,2-3,8-10H2,1H3. The van der Waals surface area contributed by atoms with Crippen molar-refractivity contribution in [2.45, 2.75) is 42.8 Å². The number of alkyl halides is 4. The van der Waals surface area contributed by atoms with Crippen LogP contribution in [0.4, 0.5) is 13.2 Å². The first kappa shape index (κ1) is 17.6. The highest BCUT2D eigenvalue weighted by atomic mass is 35.5. The van der Waals surface area contributed by atoms with Crippen LogP contribution in [0.5, 0.6) is 0 Å². The Morgan fingerprint density at radius 1 is 1.23 bits per heavy atom. The van der Waals surface area contributed by atoms with Crippen LogP contribution in [0.15, 0.2) is 29.2 Å². The molecule has 2 rings (SSSR count). The summed E-state index contributed by atoms with van der Waals surface area (Å²) in [5.74, 6) is -0.804. The van der Waals surface area contributed by atoms with Crippen LogP contribution in [0.25, 0.3) is 0 Å². The van der Waals surface area contributed by atoms with Crippen molar-refractivity contribution in [3.05, 3.63) is 29.8 Å². The second kappa shape index (κ2) is 6.02. The molecule has 1 aromatic rings. The van der Waals surface area contributed by atoms with E-state index in [0.29, 0.717) is 17.1 Å². The highest BCUT2D eigenvalue weighted by Crippen LogP contribution is 2.45. The van der Waals surface area contributed by atoms with Crippen LogP contribution in [0, 0.1) is 6.92 Å². The van der Waals surface area contributed by atoms with Gasteiger partial charge in [0, 0.05) is 6.54 Å². The van der Waals surface area contributed by atoms with Crippen LogP contribution in [0.1, 0.15) is 24.8 Å². The minimum absolute atomic E-state index is 0.140. The van der Waals surface area contributed by atoms with E-state index in [9.17, 15) is 21.6 Å². The topological polar surface area (TPSA) is 37.4 Å². The Bertz CT molecular complexity index is 630. The lowest BCUT2D eigenvalue weighted by Gasteiger charge is -2.45. The van der Waals surface area contributed by atoms with Crippen molar-refractivity contribution in [3.8, 4) is 0 Å². The fraction of sp³-hybridized carbons (Fsp3) is 0.571. The maximum atomic E-state index is 13.6. The van der Waals surface area contributed by atoms with E-state index in [-0.39, 0.29) is 17.9 Å². The maximum absolute atomic E-state index is 13.6. The van der Waals surface area contributed by atoms with Gasteiger partial charge in [-0.05, 0) is 38.3 Å². The van der Waals surface area contributed by atoms with E-state index in [0.717, 1.165) is 5.56 Å². The second-order valence-electron chi connectivity index (χ2n) is 5.51. The van der Waals surface area contributed by atoms with E-state index in [1.165, 1.54) is 12.1 Å². The normalized spacial score (nSPS) is 24.4. The molecule has 0 aliphatic carbocycles. The lowest BCUT2D eigenvalue weighted by molar-refractivity contribution is -0.217. The summed E-state index contributed by atoms with van der Waals surface area (Å²) in [7, 11) is -4.25. The summed E-state index contributed by atoms with van der Waals surface area (Å²) in [6.07, 6.45) is -4.34. The Hall–Kier alpha value is -0.790. The van der Waals surface area contributed by atoms with Gasteiger partial charge in [0.2, 0.25) is 10.0 Å². The van der Waals surface area contributed by atoms with Crippen LogP contribution < -0.4 is 0 Å². The fourth-order valence-corrected chi connectivity index (χ4v) is 5.02. The molecule has 22 heavy (non-hydrogen) atoms. The molecule has 3 nitrogen and oxygen atoms in total. The monoisotopic (exact) mass is 355 g/mol.